The van der Waals surface area contributed by atoms with Crippen LogP contribution in [0.15, 0.2) is 23.2 Å². The number of amidine groups is 1. The smallest absolute Gasteiger partial charge is 0.244 e. The third-order valence-corrected chi connectivity index (χ3v) is 1.75. The Balaban J connectivity index is 3.09. The normalized spacial score (nSPS) is 11.5. The van der Waals surface area contributed by atoms with Crippen LogP contribution in [0.25, 0.3) is 0 Å². The van der Waals surface area contributed by atoms with Gasteiger partial charge in [0.05, 0.1) is 0 Å². The molecular formula is C10H11FN2O. The number of benzene rings is 1. The molecule has 74 valence electrons. The van der Waals surface area contributed by atoms with Crippen LogP contribution >= 0.6 is 0 Å². The van der Waals surface area contributed by atoms with E-state index >= 15 is 0 Å². The second-order valence-corrected chi connectivity index (χ2v) is 2.98. The summed E-state index contributed by atoms with van der Waals surface area (Å²) in [5.41, 5.74) is 6.43. The molecule has 0 radical (unpaired) electrons. The molecule has 0 saturated carbocycles. The Bertz CT molecular complexity index is 399. The maximum Gasteiger partial charge on any atom is 0.244 e. The second-order valence-electron chi connectivity index (χ2n) is 2.98. The highest BCUT2D eigenvalue weighted by Gasteiger charge is 2.03. The van der Waals surface area contributed by atoms with Crippen LogP contribution < -0.4 is 5.73 Å². The minimum Gasteiger partial charge on any atom is -0.383 e. The molecule has 0 aromatic heterocycles. The van der Waals surface area contributed by atoms with E-state index in [1.165, 1.54) is 13.0 Å². The van der Waals surface area contributed by atoms with Gasteiger partial charge >= 0.3 is 0 Å². The summed E-state index contributed by atoms with van der Waals surface area (Å²) in [5, 5.41) is 0. The van der Waals surface area contributed by atoms with Crippen LogP contribution in [-0.4, -0.2) is 11.7 Å². The largest absolute Gasteiger partial charge is 0.383 e. The number of hydrogen-bond acceptors (Lipinski definition) is 1. The van der Waals surface area contributed by atoms with Gasteiger partial charge in [-0.3, -0.25) is 4.79 Å². The minimum atomic E-state index is -0.400. The van der Waals surface area contributed by atoms with Crippen LogP contribution in [0, 0.1) is 12.7 Å². The topological polar surface area (TPSA) is 55.5 Å². The van der Waals surface area contributed by atoms with Crippen molar-refractivity contribution < 1.29 is 9.18 Å². The van der Waals surface area contributed by atoms with Gasteiger partial charge < -0.3 is 5.73 Å². The fraction of sp³-hybridized carbons (Fsp3) is 0.200. The van der Waals surface area contributed by atoms with Gasteiger partial charge in [0.15, 0.2) is 0 Å². The van der Waals surface area contributed by atoms with Crippen LogP contribution in [0.3, 0.4) is 0 Å². The molecule has 1 amide bonds. The second kappa shape index (κ2) is 4.00. The molecule has 0 aliphatic rings. The summed E-state index contributed by atoms with van der Waals surface area (Å²) in [6, 6.07) is 4.48. The number of carbonyl (C=O) groups is 1. The Hall–Kier alpha value is -1.71. The number of hydrogen-bond donors (Lipinski definition) is 1. The number of amides is 1. The van der Waals surface area contributed by atoms with Crippen LogP contribution in [0.4, 0.5) is 4.39 Å². The number of carbonyl (C=O) groups excluding carboxylic acids is 1. The molecule has 14 heavy (non-hydrogen) atoms. The maximum atomic E-state index is 13.1. The molecule has 0 heterocycles. The first kappa shape index (κ1) is 10.4. The van der Waals surface area contributed by atoms with E-state index in [0.29, 0.717) is 11.1 Å². The lowest BCUT2D eigenvalue weighted by atomic mass is 10.1. The first-order valence-corrected chi connectivity index (χ1v) is 4.12. The molecule has 4 heteroatoms. The van der Waals surface area contributed by atoms with Crippen LogP contribution in [0.2, 0.25) is 0 Å². The number of nitrogens with two attached hydrogens (primary N) is 1. The molecule has 0 aliphatic heterocycles. The van der Waals surface area contributed by atoms with E-state index in [1.54, 1.807) is 19.1 Å². The molecule has 0 fully saturated rings. The molecule has 0 unspecified atom stereocenters. The van der Waals surface area contributed by atoms with E-state index < -0.39 is 5.91 Å². The summed E-state index contributed by atoms with van der Waals surface area (Å²) >= 11 is 0. The number of aliphatic imine (C=N–C) groups is 1. The lowest BCUT2D eigenvalue weighted by molar-refractivity contribution is -0.115. The third-order valence-electron chi connectivity index (χ3n) is 1.75. The Kier molecular flexibility index (Phi) is 2.96. The Morgan fingerprint density at radius 2 is 2.14 bits per heavy atom. The van der Waals surface area contributed by atoms with Gasteiger partial charge in [-0.1, -0.05) is 12.1 Å². The minimum absolute atomic E-state index is 0.0383. The summed E-state index contributed by atoms with van der Waals surface area (Å²) < 4.78 is 13.1. The molecule has 1 aromatic carbocycles. The molecule has 3 nitrogen and oxygen atoms in total. The highest BCUT2D eigenvalue weighted by atomic mass is 19.1. The summed E-state index contributed by atoms with van der Waals surface area (Å²) in [5.74, 6) is -0.718. The summed E-state index contributed by atoms with van der Waals surface area (Å²) in [4.78, 5) is 14.1. The quantitative estimate of drug-likeness (QED) is 0.542. The molecule has 1 rings (SSSR count). The average Bonchev–Trinajstić information content (AvgIpc) is 2.08. The standard InChI is InChI=1S/C10H11FN2O/c1-6-3-4-8(5-9(6)11)10(12)13-7(2)14/h3-5H,1-2H3,(H2,12,13,14). The number of halogens is 1. The third kappa shape index (κ3) is 2.39. The van der Waals surface area contributed by atoms with Crippen molar-refractivity contribution in [2.75, 3.05) is 0 Å². The van der Waals surface area contributed by atoms with E-state index in [9.17, 15) is 9.18 Å². The van der Waals surface area contributed by atoms with E-state index in [2.05, 4.69) is 4.99 Å². The fourth-order valence-electron chi connectivity index (χ4n) is 0.986. The lowest BCUT2D eigenvalue weighted by Crippen LogP contribution is -2.15. The molecule has 0 bridgehead atoms. The average molecular weight is 194 g/mol. The summed E-state index contributed by atoms with van der Waals surface area (Å²) in [7, 11) is 0. The highest BCUT2D eigenvalue weighted by Crippen LogP contribution is 2.08. The monoisotopic (exact) mass is 194 g/mol. The molecule has 0 saturated heterocycles. The van der Waals surface area contributed by atoms with E-state index in [4.69, 9.17) is 5.73 Å². The van der Waals surface area contributed by atoms with Crippen molar-refractivity contribution in [1.29, 1.82) is 0 Å². The van der Waals surface area contributed by atoms with E-state index in [0.717, 1.165) is 0 Å². The first-order chi connectivity index (χ1) is 6.50. The van der Waals surface area contributed by atoms with Gasteiger partial charge in [-0.15, -0.1) is 0 Å². The molecule has 0 spiro atoms. The Labute approximate surface area is 81.5 Å². The number of nitrogens with zero attached hydrogens (tertiary/aromatic N) is 1. The zero-order valence-corrected chi connectivity index (χ0v) is 8.04. The van der Waals surface area contributed by atoms with Crippen molar-refractivity contribution in [2.45, 2.75) is 13.8 Å². The van der Waals surface area contributed by atoms with Crippen molar-refractivity contribution in [1.82, 2.24) is 0 Å². The van der Waals surface area contributed by atoms with Crippen molar-refractivity contribution in [3.8, 4) is 0 Å². The van der Waals surface area contributed by atoms with Crippen molar-refractivity contribution in [3.63, 3.8) is 0 Å². The van der Waals surface area contributed by atoms with Crippen molar-refractivity contribution in [3.05, 3.63) is 35.1 Å². The van der Waals surface area contributed by atoms with Gasteiger partial charge in [0, 0.05) is 12.5 Å². The van der Waals surface area contributed by atoms with E-state index in [1.807, 2.05) is 0 Å². The highest BCUT2D eigenvalue weighted by molar-refractivity contribution is 6.03. The number of rotatable bonds is 1. The van der Waals surface area contributed by atoms with Crippen LogP contribution in [-0.2, 0) is 4.79 Å². The molecule has 2 N–H and O–H groups in total. The van der Waals surface area contributed by atoms with E-state index in [-0.39, 0.29) is 11.7 Å². The van der Waals surface area contributed by atoms with Crippen LogP contribution in [0.5, 0.6) is 0 Å². The Morgan fingerprint density at radius 3 is 2.64 bits per heavy atom. The molecule has 0 atom stereocenters. The van der Waals surface area contributed by atoms with Gasteiger partial charge in [0.2, 0.25) is 5.91 Å². The SMILES string of the molecule is CC(=O)N=C(N)c1ccc(C)c(F)c1. The zero-order valence-electron chi connectivity index (χ0n) is 8.04. The zero-order chi connectivity index (χ0) is 10.7. The maximum absolute atomic E-state index is 13.1. The lowest BCUT2D eigenvalue weighted by Gasteiger charge is -2.01. The molecule has 0 aliphatic carbocycles. The number of aryl methyl sites for hydroxylation is 1. The summed E-state index contributed by atoms with van der Waals surface area (Å²) in [6.07, 6.45) is 0. The predicted octanol–water partition coefficient (Wildman–Crippen LogP) is 1.39. The van der Waals surface area contributed by atoms with Crippen molar-refractivity contribution in [2.24, 2.45) is 10.7 Å². The first-order valence-electron chi connectivity index (χ1n) is 4.12. The van der Waals surface area contributed by atoms with Crippen molar-refractivity contribution >= 4 is 11.7 Å². The summed E-state index contributed by atoms with van der Waals surface area (Å²) in [6.45, 7) is 2.94. The van der Waals surface area contributed by atoms with Gasteiger partial charge in [0.25, 0.3) is 0 Å². The van der Waals surface area contributed by atoms with Crippen LogP contribution in [0.1, 0.15) is 18.1 Å². The predicted molar refractivity (Wildman–Crippen MR) is 52.5 cm³/mol. The fourth-order valence-corrected chi connectivity index (χ4v) is 0.986. The molecule has 1 aromatic rings. The molecular weight excluding hydrogens is 183 g/mol. The van der Waals surface area contributed by atoms with Gasteiger partial charge in [-0.05, 0) is 18.6 Å². The van der Waals surface area contributed by atoms with Gasteiger partial charge in [-0.2, -0.15) is 4.99 Å². The van der Waals surface area contributed by atoms with Gasteiger partial charge in [0.1, 0.15) is 11.7 Å². The van der Waals surface area contributed by atoms with Gasteiger partial charge in [-0.25, -0.2) is 4.39 Å². The Morgan fingerprint density at radius 1 is 1.50 bits per heavy atom.